The summed E-state index contributed by atoms with van der Waals surface area (Å²) in [6.45, 7) is 1.69. The molecule has 0 atom stereocenters. The molecule has 0 aliphatic carbocycles. The molecule has 0 aliphatic rings. The topological polar surface area (TPSA) is 32.6 Å². The summed E-state index contributed by atoms with van der Waals surface area (Å²) >= 11 is 0. The SMILES string of the molecule is N#Cc1ccc(Cn2cc[n+](Cc3ccccc3)c2)cc1.[Cl-]. The first-order chi connectivity index (χ1) is 10.3. The Bertz CT molecular complexity index is 755. The first-order valence-electron chi connectivity index (χ1n) is 6.91. The van der Waals surface area contributed by atoms with Crippen LogP contribution in [0.25, 0.3) is 0 Å². The van der Waals surface area contributed by atoms with Crippen LogP contribution in [0, 0.1) is 11.3 Å². The lowest BCUT2D eigenvalue weighted by atomic mass is 10.1. The van der Waals surface area contributed by atoms with E-state index in [2.05, 4.69) is 58.2 Å². The minimum atomic E-state index is 0. The molecule has 3 rings (SSSR count). The van der Waals surface area contributed by atoms with Gasteiger partial charge in [-0.3, -0.25) is 0 Å². The van der Waals surface area contributed by atoms with Crippen LogP contribution in [0.2, 0.25) is 0 Å². The van der Waals surface area contributed by atoms with Crippen molar-refractivity contribution in [3.8, 4) is 6.07 Å². The van der Waals surface area contributed by atoms with Gasteiger partial charge < -0.3 is 12.4 Å². The molecular formula is C18H16ClN3. The molecule has 0 saturated carbocycles. The van der Waals surface area contributed by atoms with Gasteiger partial charge in [0.25, 0.3) is 0 Å². The maximum absolute atomic E-state index is 8.80. The number of aromatic nitrogens is 2. The molecule has 110 valence electrons. The lowest BCUT2D eigenvalue weighted by Crippen LogP contribution is -3.00. The number of imidazole rings is 1. The second-order valence-corrected chi connectivity index (χ2v) is 5.05. The molecule has 4 heteroatoms. The Labute approximate surface area is 136 Å². The van der Waals surface area contributed by atoms with Gasteiger partial charge in [-0.1, -0.05) is 42.5 Å². The van der Waals surface area contributed by atoms with Crippen molar-refractivity contribution in [2.75, 3.05) is 0 Å². The molecule has 3 nitrogen and oxygen atoms in total. The molecule has 2 aromatic carbocycles. The Morgan fingerprint density at radius 1 is 0.955 bits per heavy atom. The molecule has 0 N–H and O–H groups in total. The van der Waals surface area contributed by atoms with Crippen molar-refractivity contribution in [3.63, 3.8) is 0 Å². The van der Waals surface area contributed by atoms with Crippen molar-refractivity contribution in [1.82, 2.24) is 4.57 Å². The van der Waals surface area contributed by atoms with Crippen LogP contribution in [0.1, 0.15) is 16.7 Å². The summed E-state index contributed by atoms with van der Waals surface area (Å²) in [5, 5.41) is 8.80. The first kappa shape index (κ1) is 15.8. The normalized spacial score (nSPS) is 9.77. The van der Waals surface area contributed by atoms with E-state index in [0.717, 1.165) is 13.1 Å². The summed E-state index contributed by atoms with van der Waals surface area (Å²) in [7, 11) is 0. The third kappa shape index (κ3) is 3.97. The Hall–Kier alpha value is -2.57. The van der Waals surface area contributed by atoms with E-state index in [-0.39, 0.29) is 12.4 Å². The van der Waals surface area contributed by atoms with Gasteiger partial charge in [-0.2, -0.15) is 5.26 Å². The summed E-state index contributed by atoms with van der Waals surface area (Å²) < 4.78 is 4.31. The molecule has 22 heavy (non-hydrogen) atoms. The molecule has 0 saturated heterocycles. The van der Waals surface area contributed by atoms with Crippen molar-refractivity contribution in [3.05, 3.63) is 90.0 Å². The third-order valence-corrected chi connectivity index (χ3v) is 3.40. The molecule has 0 fully saturated rings. The molecule has 1 heterocycles. The molecule has 0 aliphatic heterocycles. The van der Waals surface area contributed by atoms with E-state index in [1.165, 1.54) is 11.1 Å². The van der Waals surface area contributed by atoms with E-state index in [1.54, 1.807) is 0 Å². The van der Waals surface area contributed by atoms with Gasteiger partial charge in [0.05, 0.1) is 11.6 Å². The highest BCUT2D eigenvalue weighted by molar-refractivity contribution is 5.31. The van der Waals surface area contributed by atoms with Crippen molar-refractivity contribution in [2.24, 2.45) is 0 Å². The molecule has 3 aromatic rings. The van der Waals surface area contributed by atoms with Crippen LogP contribution >= 0.6 is 0 Å². The number of halogens is 1. The quantitative estimate of drug-likeness (QED) is 0.612. The number of hydrogen-bond acceptors (Lipinski definition) is 1. The van der Waals surface area contributed by atoms with Crippen LogP contribution in [0.3, 0.4) is 0 Å². The van der Waals surface area contributed by atoms with Gasteiger partial charge in [-0.25, -0.2) is 9.13 Å². The Kier molecular flexibility index (Phi) is 5.35. The number of nitrogens with zero attached hydrogens (tertiary/aromatic N) is 3. The number of nitriles is 1. The van der Waals surface area contributed by atoms with Gasteiger partial charge in [-0.15, -0.1) is 0 Å². The van der Waals surface area contributed by atoms with Crippen molar-refractivity contribution in [2.45, 2.75) is 13.1 Å². The molecular weight excluding hydrogens is 294 g/mol. The monoisotopic (exact) mass is 309 g/mol. The highest BCUT2D eigenvalue weighted by atomic mass is 35.5. The van der Waals surface area contributed by atoms with Crippen LogP contribution < -0.4 is 17.0 Å². The molecule has 0 bridgehead atoms. The summed E-state index contributed by atoms with van der Waals surface area (Å²) in [5.74, 6) is 0. The third-order valence-electron chi connectivity index (χ3n) is 3.40. The Morgan fingerprint density at radius 2 is 1.68 bits per heavy atom. The minimum Gasteiger partial charge on any atom is -1.00 e. The molecule has 0 amide bonds. The summed E-state index contributed by atoms with van der Waals surface area (Å²) in [4.78, 5) is 0. The molecule has 1 aromatic heterocycles. The highest BCUT2D eigenvalue weighted by Gasteiger charge is 2.05. The van der Waals surface area contributed by atoms with Crippen LogP contribution in [-0.2, 0) is 13.1 Å². The van der Waals surface area contributed by atoms with E-state index in [4.69, 9.17) is 5.26 Å². The predicted molar refractivity (Wildman–Crippen MR) is 80.4 cm³/mol. The van der Waals surface area contributed by atoms with Crippen LogP contribution in [-0.4, -0.2) is 4.57 Å². The molecule has 0 unspecified atom stereocenters. The minimum absolute atomic E-state index is 0. The number of rotatable bonds is 4. The second-order valence-electron chi connectivity index (χ2n) is 5.05. The zero-order valence-electron chi connectivity index (χ0n) is 12.1. The fourth-order valence-electron chi connectivity index (χ4n) is 2.32. The second kappa shape index (κ2) is 7.44. The summed E-state index contributed by atoms with van der Waals surface area (Å²) in [5.41, 5.74) is 3.18. The van der Waals surface area contributed by atoms with Crippen LogP contribution in [0.5, 0.6) is 0 Å². The maximum Gasteiger partial charge on any atom is 0.244 e. The van der Waals surface area contributed by atoms with Gasteiger partial charge in [0, 0.05) is 0 Å². The van der Waals surface area contributed by atoms with Crippen molar-refractivity contribution < 1.29 is 17.0 Å². The van der Waals surface area contributed by atoms with E-state index in [1.807, 2.05) is 30.3 Å². The van der Waals surface area contributed by atoms with E-state index >= 15 is 0 Å². The van der Waals surface area contributed by atoms with Crippen LogP contribution in [0.15, 0.2) is 73.3 Å². The lowest BCUT2D eigenvalue weighted by molar-refractivity contribution is -0.687. The summed E-state index contributed by atoms with van der Waals surface area (Å²) in [6.07, 6.45) is 6.25. The Balaban J connectivity index is 0.00000176. The van der Waals surface area contributed by atoms with Crippen LogP contribution in [0.4, 0.5) is 0 Å². The lowest BCUT2D eigenvalue weighted by Gasteiger charge is -1.98. The number of benzene rings is 2. The standard InChI is InChI=1S/C18H16N3.ClH/c19-12-16-6-8-18(9-7-16)14-21-11-10-20(15-21)13-17-4-2-1-3-5-17;/h1-11,15H,13-14H2;1H/q+1;/p-1. The fourth-order valence-corrected chi connectivity index (χ4v) is 2.32. The van der Waals surface area contributed by atoms with Gasteiger partial charge in [0.2, 0.25) is 6.33 Å². The number of hydrogen-bond donors (Lipinski definition) is 0. The predicted octanol–water partition coefficient (Wildman–Crippen LogP) is -0.252. The zero-order chi connectivity index (χ0) is 14.5. The van der Waals surface area contributed by atoms with Gasteiger partial charge in [0.1, 0.15) is 25.5 Å². The fraction of sp³-hybridized carbons (Fsp3) is 0.111. The van der Waals surface area contributed by atoms with Crippen molar-refractivity contribution in [1.29, 1.82) is 5.26 Å². The average Bonchev–Trinajstić information content (AvgIpc) is 2.96. The summed E-state index contributed by atoms with van der Waals surface area (Å²) in [6, 6.07) is 20.3. The maximum atomic E-state index is 8.80. The smallest absolute Gasteiger partial charge is 0.244 e. The van der Waals surface area contributed by atoms with E-state index < -0.39 is 0 Å². The average molecular weight is 310 g/mol. The largest absolute Gasteiger partial charge is 1.00 e. The van der Waals surface area contributed by atoms with Crippen molar-refractivity contribution >= 4 is 0 Å². The van der Waals surface area contributed by atoms with Gasteiger partial charge in [0.15, 0.2) is 0 Å². The Morgan fingerprint density at radius 3 is 2.36 bits per heavy atom. The van der Waals surface area contributed by atoms with Gasteiger partial charge in [-0.05, 0) is 23.3 Å². The molecule has 0 radical (unpaired) electrons. The van der Waals surface area contributed by atoms with E-state index in [0.29, 0.717) is 5.56 Å². The zero-order valence-corrected chi connectivity index (χ0v) is 12.8. The highest BCUT2D eigenvalue weighted by Crippen LogP contribution is 2.05. The van der Waals surface area contributed by atoms with E-state index in [9.17, 15) is 0 Å². The van der Waals surface area contributed by atoms with Gasteiger partial charge >= 0.3 is 0 Å². The molecule has 0 spiro atoms. The first-order valence-corrected chi connectivity index (χ1v) is 6.91.